The van der Waals surface area contributed by atoms with Crippen LogP contribution in [0.2, 0.25) is 0 Å². The molecule has 0 bridgehead atoms. The van der Waals surface area contributed by atoms with Crippen LogP contribution in [0.15, 0.2) is 52.2 Å². The fraction of sp³-hybridized carbons (Fsp3) is 0.167. The highest BCUT2D eigenvalue weighted by atomic mass is 79.9. The van der Waals surface area contributed by atoms with Crippen molar-refractivity contribution in [2.45, 2.75) is 6.04 Å². The molecular weight excluding hydrogens is 266 g/mol. The molecule has 0 unspecified atom stereocenters. The Bertz CT molecular complexity index is 487. The first kappa shape index (κ1) is 9.78. The third kappa shape index (κ3) is 1.69. The fourth-order valence-corrected chi connectivity index (χ4v) is 2.10. The third-order valence-electron chi connectivity index (χ3n) is 2.67. The topological polar surface area (TPSA) is 28.5 Å². The van der Waals surface area contributed by atoms with Gasteiger partial charge in [0.05, 0.1) is 12.2 Å². The van der Waals surface area contributed by atoms with Crippen LogP contribution in [0.25, 0.3) is 0 Å². The average Bonchev–Trinajstić information content (AvgIpc) is 2.73. The molecule has 0 radical (unpaired) electrons. The molecule has 1 atom stereocenters. The van der Waals surface area contributed by atoms with Crippen molar-refractivity contribution in [3.8, 4) is 0 Å². The largest absolute Gasteiger partial charge is 0.331 e. The second-order valence-corrected chi connectivity index (χ2v) is 4.67. The summed E-state index contributed by atoms with van der Waals surface area (Å²) in [5.74, 6) is 1.03. The Morgan fingerprint density at radius 3 is 3.00 bits per heavy atom. The van der Waals surface area contributed by atoms with Crippen LogP contribution in [-0.4, -0.2) is 22.3 Å². The van der Waals surface area contributed by atoms with Crippen molar-refractivity contribution in [1.82, 2.24) is 9.88 Å². The van der Waals surface area contributed by atoms with Gasteiger partial charge in [0.2, 0.25) is 0 Å². The van der Waals surface area contributed by atoms with Gasteiger partial charge in [0.25, 0.3) is 0 Å². The van der Waals surface area contributed by atoms with E-state index in [-0.39, 0.29) is 6.04 Å². The molecule has 80 valence electrons. The van der Waals surface area contributed by atoms with Crippen molar-refractivity contribution < 1.29 is 0 Å². The number of nitrogens with zero attached hydrogens (tertiary/aromatic N) is 3. The summed E-state index contributed by atoms with van der Waals surface area (Å²) >= 11 is 3.38. The normalized spacial score (nSPS) is 22.2. The lowest BCUT2D eigenvalue weighted by Crippen LogP contribution is -2.22. The molecule has 2 aliphatic heterocycles. The molecule has 0 aliphatic carbocycles. The Kier molecular flexibility index (Phi) is 2.36. The van der Waals surface area contributed by atoms with Gasteiger partial charge in [0.15, 0.2) is 0 Å². The number of aliphatic imine (C=N–C) groups is 1. The monoisotopic (exact) mass is 275 g/mol. The molecule has 3 nitrogen and oxygen atoms in total. The summed E-state index contributed by atoms with van der Waals surface area (Å²) in [7, 11) is 0. The molecule has 1 aromatic heterocycles. The lowest BCUT2D eigenvalue weighted by molar-refractivity contribution is 0.543. The molecule has 0 aromatic carbocycles. The van der Waals surface area contributed by atoms with Crippen LogP contribution in [0.1, 0.15) is 11.7 Å². The second-order valence-electron chi connectivity index (χ2n) is 3.76. The highest BCUT2D eigenvalue weighted by molar-refractivity contribution is 9.10. The summed E-state index contributed by atoms with van der Waals surface area (Å²) in [5.41, 5.74) is 1.02. The van der Waals surface area contributed by atoms with E-state index >= 15 is 0 Å². The minimum Gasteiger partial charge on any atom is -0.331 e. The fourth-order valence-electron chi connectivity index (χ4n) is 1.87. The zero-order valence-electron chi connectivity index (χ0n) is 8.55. The molecule has 16 heavy (non-hydrogen) atoms. The van der Waals surface area contributed by atoms with Crippen molar-refractivity contribution >= 4 is 21.8 Å². The number of hydrogen-bond acceptors (Lipinski definition) is 3. The highest BCUT2D eigenvalue weighted by Gasteiger charge is 2.24. The Morgan fingerprint density at radius 2 is 2.25 bits per heavy atom. The molecule has 0 saturated heterocycles. The first-order chi connectivity index (χ1) is 7.83. The number of hydrogen-bond donors (Lipinski definition) is 0. The molecule has 3 heterocycles. The number of rotatable bonds is 1. The maximum atomic E-state index is 4.64. The quantitative estimate of drug-likeness (QED) is 0.789. The molecule has 0 saturated carbocycles. The number of amidine groups is 1. The minimum absolute atomic E-state index is 0.149. The highest BCUT2D eigenvalue weighted by Crippen LogP contribution is 2.25. The Hall–Kier alpha value is -1.42. The van der Waals surface area contributed by atoms with Crippen LogP contribution in [0.3, 0.4) is 0 Å². The van der Waals surface area contributed by atoms with E-state index in [0.29, 0.717) is 0 Å². The maximum absolute atomic E-state index is 4.64. The minimum atomic E-state index is 0.149. The van der Waals surface area contributed by atoms with E-state index in [4.69, 9.17) is 0 Å². The van der Waals surface area contributed by atoms with Crippen LogP contribution in [0.4, 0.5) is 0 Å². The van der Waals surface area contributed by atoms with Crippen LogP contribution in [0, 0.1) is 0 Å². The molecule has 4 heteroatoms. The summed E-state index contributed by atoms with van der Waals surface area (Å²) in [5, 5.41) is 0. The number of fused-ring (bicyclic) bond motifs is 1. The van der Waals surface area contributed by atoms with Crippen LogP contribution < -0.4 is 0 Å². The molecule has 1 aromatic rings. The Labute approximate surface area is 102 Å². The second kappa shape index (κ2) is 3.87. The third-order valence-corrected chi connectivity index (χ3v) is 3.14. The van der Waals surface area contributed by atoms with E-state index in [9.17, 15) is 0 Å². The smallest absolute Gasteiger partial charge is 0.128 e. The Balaban J connectivity index is 1.88. The van der Waals surface area contributed by atoms with Crippen molar-refractivity contribution in [2.75, 3.05) is 6.54 Å². The van der Waals surface area contributed by atoms with E-state index in [0.717, 1.165) is 22.5 Å². The van der Waals surface area contributed by atoms with Gasteiger partial charge in [-0.25, -0.2) is 0 Å². The summed E-state index contributed by atoms with van der Waals surface area (Å²) < 4.78 is 0.999. The van der Waals surface area contributed by atoms with Crippen LogP contribution in [-0.2, 0) is 0 Å². The standard InChI is InChI=1S/C12H10BrN3/c13-9-4-5-10(14-7-9)11-8-16-6-2-1-3-12(16)15-11/h1-7,11H,8H2/t11-/m1/s1. The van der Waals surface area contributed by atoms with Gasteiger partial charge in [0.1, 0.15) is 11.9 Å². The Morgan fingerprint density at radius 1 is 1.31 bits per heavy atom. The summed E-state index contributed by atoms with van der Waals surface area (Å²) in [6.45, 7) is 0.880. The molecule has 0 amide bonds. The zero-order chi connectivity index (χ0) is 11.0. The van der Waals surface area contributed by atoms with Crippen molar-refractivity contribution in [3.63, 3.8) is 0 Å². The first-order valence-electron chi connectivity index (χ1n) is 5.14. The van der Waals surface area contributed by atoms with E-state index < -0.39 is 0 Å². The van der Waals surface area contributed by atoms with Crippen LogP contribution in [0.5, 0.6) is 0 Å². The predicted octanol–water partition coefficient (Wildman–Crippen LogP) is 2.68. The SMILES string of the molecule is Brc1ccc([C@H]2CN3C=CC=CC3=N2)nc1. The molecule has 0 spiro atoms. The van der Waals surface area contributed by atoms with Gasteiger partial charge in [-0.1, -0.05) is 6.08 Å². The first-order valence-corrected chi connectivity index (χ1v) is 5.93. The average molecular weight is 276 g/mol. The van der Waals surface area contributed by atoms with Crippen molar-refractivity contribution in [1.29, 1.82) is 0 Å². The number of pyridine rings is 1. The molecular formula is C12H10BrN3. The molecule has 0 fully saturated rings. The van der Waals surface area contributed by atoms with Gasteiger partial charge >= 0.3 is 0 Å². The van der Waals surface area contributed by atoms with E-state index in [1.165, 1.54) is 0 Å². The maximum Gasteiger partial charge on any atom is 0.128 e. The zero-order valence-corrected chi connectivity index (χ0v) is 10.1. The van der Waals surface area contributed by atoms with Gasteiger partial charge in [-0.15, -0.1) is 0 Å². The van der Waals surface area contributed by atoms with E-state index in [1.54, 1.807) is 0 Å². The summed E-state index contributed by atoms with van der Waals surface area (Å²) in [6, 6.07) is 4.17. The van der Waals surface area contributed by atoms with Crippen molar-refractivity contribution in [2.24, 2.45) is 4.99 Å². The van der Waals surface area contributed by atoms with Crippen LogP contribution >= 0.6 is 15.9 Å². The number of allylic oxidation sites excluding steroid dienone is 2. The molecule has 0 N–H and O–H groups in total. The van der Waals surface area contributed by atoms with Gasteiger partial charge in [0, 0.05) is 16.9 Å². The molecule has 3 rings (SSSR count). The van der Waals surface area contributed by atoms with Crippen molar-refractivity contribution in [3.05, 3.63) is 52.9 Å². The number of aromatic nitrogens is 1. The van der Waals surface area contributed by atoms with E-state index in [1.807, 2.05) is 36.6 Å². The van der Waals surface area contributed by atoms with Gasteiger partial charge in [-0.2, -0.15) is 0 Å². The lowest BCUT2D eigenvalue weighted by Gasteiger charge is -2.15. The van der Waals surface area contributed by atoms with Gasteiger partial charge in [-0.3, -0.25) is 9.98 Å². The van der Waals surface area contributed by atoms with E-state index in [2.05, 4.69) is 37.0 Å². The number of halogens is 1. The molecule has 2 aliphatic rings. The summed E-state index contributed by atoms with van der Waals surface area (Å²) in [4.78, 5) is 11.2. The summed E-state index contributed by atoms with van der Waals surface area (Å²) in [6.07, 6.45) is 9.93. The van der Waals surface area contributed by atoms with Gasteiger partial charge in [-0.05, 0) is 40.2 Å². The lowest BCUT2D eigenvalue weighted by atomic mass is 10.2. The van der Waals surface area contributed by atoms with Gasteiger partial charge < -0.3 is 4.90 Å². The predicted molar refractivity (Wildman–Crippen MR) is 67.1 cm³/mol.